The normalized spacial score (nSPS) is 4.00. The summed E-state index contributed by atoms with van der Waals surface area (Å²) in [6.07, 6.45) is 0. The van der Waals surface area contributed by atoms with Crippen LogP contribution in [0.5, 0.6) is 0 Å². The Morgan fingerprint density at radius 1 is 0.556 bits per heavy atom. The molecule has 0 unspecified atom stereocenters. The van der Waals surface area contributed by atoms with Crippen LogP contribution < -0.4 is 0 Å². The van der Waals surface area contributed by atoms with Gasteiger partial charge in [0, 0.05) is 0 Å². The van der Waals surface area contributed by atoms with Crippen LogP contribution >= 0.6 is 102 Å². The fourth-order valence-electron chi connectivity index (χ4n) is 0. The maximum atomic E-state index is 4.87. The van der Waals surface area contributed by atoms with Gasteiger partial charge in [0.2, 0.25) is 0 Å². The lowest BCUT2D eigenvalue weighted by Gasteiger charge is -1.68. The molecule has 0 spiro atoms. The summed E-state index contributed by atoms with van der Waals surface area (Å²) in [5, 5.41) is 0. The zero-order chi connectivity index (χ0) is 3.58. The van der Waals surface area contributed by atoms with E-state index in [0.29, 0.717) is 0 Å². The highest BCUT2D eigenvalue weighted by Gasteiger charge is 1.80. The number of hydrogen-bond donors (Lipinski definition) is 0. The van der Waals surface area contributed by atoms with Crippen molar-refractivity contribution in [1.29, 1.82) is 0 Å². The largest absolute Gasteiger partial charge is 0.179 e. The molecule has 0 N–H and O–H groups in total. The zero-order valence-electron chi connectivity index (χ0n) is 3.62. The van der Waals surface area contributed by atoms with E-state index in [4.69, 9.17) is 33.7 Å². The summed E-state index contributed by atoms with van der Waals surface area (Å²) in [6.45, 7) is 0. The molecule has 0 aliphatic rings. The first-order valence-electron chi connectivity index (χ1n) is 0.507. The first-order valence-corrected chi connectivity index (χ1v) is 4.56. The Balaban J connectivity index is -0.00000000450. The molecular formula is H5Cl8P. The van der Waals surface area contributed by atoms with E-state index in [2.05, 4.69) is 0 Å². The van der Waals surface area contributed by atoms with Crippen molar-refractivity contribution in [2.45, 2.75) is 0 Å². The lowest BCUT2D eigenvalue weighted by atomic mass is 30.4. The average molecular weight is 320 g/mol. The Kier molecular flexibility index (Phi) is 141. The highest BCUT2D eigenvalue weighted by molar-refractivity contribution is 8.20. The summed E-state index contributed by atoms with van der Waals surface area (Å²) in [5.74, 6) is -1.20. The Bertz CT molecular complexity index is 9.28. The Labute approximate surface area is 101 Å². The Hall–Kier alpha value is 2.75. The molecule has 0 aliphatic heterocycles. The molecule has 66 valence electrons. The van der Waals surface area contributed by atoms with Crippen LogP contribution in [0.4, 0.5) is 0 Å². The van der Waals surface area contributed by atoms with Gasteiger partial charge in [0.15, 0.2) is 5.98 Å². The van der Waals surface area contributed by atoms with Gasteiger partial charge in [0.1, 0.15) is 0 Å². The molecule has 0 saturated heterocycles. The summed E-state index contributed by atoms with van der Waals surface area (Å²) < 4.78 is 0. The topological polar surface area (TPSA) is 0 Å². The predicted octanol–water partition coefficient (Wildman–Crippen LogP) is 5.04. The van der Waals surface area contributed by atoms with Crippen LogP contribution in [0.25, 0.3) is 0 Å². The van der Waals surface area contributed by atoms with E-state index < -0.39 is 5.98 Å². The molecule has 0 radical (unpaired) electrons. The van der Waals surface area contributed by atoms with Crippen molar-refractivity contribution in [3.8, 4) is 0 Å². The molecule has 0 aromatic heterocycles. The molecule has 0 bridgehead atoms. The minimum atomic E-state index is -1.20. The molecule has 0 rings (SSSR count). The summed E-state index contributed by atoms with van der Waals surface area (Å²) in [7, 11) is 0. The van der Waals surface area contributed by atoms with Crippen LogP contribution in [0.15, 0.2) is 0 Å². The fourth-order valence-corrected chi connectivity index (χ4v) is 0. The summed E-state index contributed by atoms with van der Waals surface area (Å²) in [6, 6.07) is 0. The molecule has 0 fully saturated rings. The van der Waals surface area contributed by atoms with Gasteiger partial charge in [-0.3, -0.25) is 0 Å². The van der Waals surface area contributed by atoms with Crippen LogP contribution in [0, 0.1) is 0 Å². The number of hydrogen-bond acceptors (Lipinski definition) is 0. The lowest BCUT2D eigenvalue weighted by Crippen LogP contribution is -0.958. The molecule has 9 heavy (non-hydrogen) atoms. The highest BCUT2D eigenvalue weighted by atomic mass is 36.0. The van der Waals surface area contributed by atoms with Gasteiger partial charge in [-0.2, -0.15) is 0 Å². The third kappa shape index (κ3) is 109. The molecule has 0 atom stereocenters. The Morgan fingerprint density at radius 2 is 0.556 bits per heavy atom. The number of rotatable bonds is 0. The first kappa shape index (κ1) is 41.1. The van der Waals surface area contributed by atoms with Crippen LogP contribution in [0.1, 0.15) is 0 Å². The molecule has 0 nitrogen and oxygen atoms in total. The minimum absolute atomic E-state index is 0. The standard InChI is InChI=1S/Cl3P.5ClH/c1-4(2)3;;;;;/h;5*1H. The second-order valence-electron chi connectivity index (χ2n) is 0.192. The average Bonchev–Trinajstić information content (AvgIpc) is 0.811. The van der Waals surface area contributed by atoms with Gasteiger partial charge >= 0.3 is 0 Å². The maximum absolute atomic E-state index is 4.87. The second kappa shape index (κ2) is 30.9. The molecule has 0 aliphatic carbocycles. The predicted molar refractivity (Wildman–Crippen MR) is 60.7 cm³/mol. The van der Waals surface area contributed by atoms with E-state index in [1.165, 1.54) is 0 Å². The van der Waals surface area contributed by atoms with Crippen molar-refractivity contribution in [3.63, 3.8) is 0 Å². The molecule has 0 aromatic carbocycles. The Morgan fingerprint density at radius 3 is 0.556 bits per heavy atom. The van der Waals surface area contributed by atoms with Gasteiger partial charge in [0.05, 0.1) is 0 Å². The smallest absolute Gasteiger partial charge is 0.147 e. The SMILES string of the molecule is Cl.Cl.Cl.Cl.Cl.ClP(Cl)Cl. The van der Waals surface area contributed by atoms with E-state index in [-0.39, 0.29) is 62.0 Å². The quantitative estimate of drug-likeness (QED) is 0.549. The van der Waals surface area contributed by atoms with E-state index in [1.54, 1.807) is 0 Å². The van der Waals surface area contributed by atoms with Crippen molar-refractivity contribution in [3.05, 3.63) is 0 Å². The minimum Gasteiger partial charge on any atom is -0.147 e. The van der Waals surface area contributed by atoms with E-state index in [1.807, 2.05) is 0 Å². The second-order valence-corrected chi connectivity index (χ2v) is 5.17. The third-order valence-electron chi connectivity index (χ3n) is 0. The summed E-state index contributed by atoms with van der Waals surface area (Å²) in [5.41, 5.74) is 0. The summed E-state index contributed by atoms with van der Waals surface area (Å²) >= 11 is 14.6. The molecule has 0 amide bonds. The monoisotopic (exact) mass is 316 g/mol. The fraction of sp³-hybridized carbons (Fsp3) is 0. The van der Waals surface area contributed by atoms with Gasteiger partial charge in [-0.25, -0.2) is 0 Å². The summed E-state index contributed by atoms with van der Waals surface area (Å²) in [4.78, 5) is 0. The van der Waals surface area contributed by atoms with E-state index >= 15 is 0 Å². The van der Waals surface area contributed by atoms with Crippen LogP contribution in [-0.2, 0) is 0 Å². The van der Waals surface area contributed by atoms with Gasteiger partial charge in [-0.05, 0) is 0 Å². The molecular weight excluding hydrogens is 315 g/mol. The molecule has 0 saturated carbocycles. The zero-order valence-corrected chi connectivity index (χ0v) is 10.9. The molecule has 0 heterocycles. The molecule has 9 heteroatoms. The van der Waals surface area contributed by atoms with Crippen LogP contribution in [-0.4, -0.2) is 0 Å². The van der Waals surface area contributed by atoms with Crippen LogP contribution in [0.3, 0.4) is 0 Å². The van der Waals surface area contributed by atoms with Gasteiger partial charge < -0.3 is 0 Å². The number of halogens is 8. The molecule has 0 aromatic rings. The van der Waals surface area contributed by atoms with Gasteiger partial charge in [-0.15, -0.1) is 62.0 Å². The van der Waals surface area contributed by atoms with Crippen molar-refractivity contribution >= 4 is 102 Å². The van der Waals surface area contributed by atoms with Gasteiger partial charge in [0.25, 0.3) is 0 Å². The van der Waals surface area contributed by atoms with Crippen molar-refractivity contribution in [2.75, 3.05) is 0 Å². The van der Waals surface area contributed by atoms with Crippen molar-refractivity contribution in [2.24, 2.45) is 0 Å². The maximum Gasteiger partial charge on any atom is 0.179 e. The van der Waals surface area contributed by atoms with Crippen LogP contribution in [0.2, 0.25) is 0 Å². The van der Waals surface area contributed by atoms with Gasteiger partial charge in [-0.1, -0.05) is 33.7 Å². The van der Waals surface area contributed by atoms with E-state index in [9.17, 15) is 0 Å². The third-order valence-corrected chi connectivity index (χ3v) is 0. The van der Waals surface area contributed by atoms with E-state index in [0.717, 1.165) is 0 Å². The highest BCUT2D eigenvalue weighted by Crippen LogP contribution is 2.51. The van der Waals surface area contributed by atoms with Crippen molar-refractivity contribution < 1.29 is 0 Å². The van der Waals surface area contributed by atoms with Crippen molar-refractivity contribution in [1.82, 2.24) is 0 Å². The first-order chi connectivity index (χ1) is 1.73. The lowest BCUT2D eigenvalue weighted by molar-refractivity contribution is 4.58.